The number of amides is 2. The van der Waals surface area contributed by atoms with Gasteiger partial charge in [0.1, 0.15) is 17.0 Å². The van der Waals surface area contributed by atoms with Crippen LogP contribution in [0.3, 0.4) is 0 Å². The van der Waals surface area contributed by atoms with Crippen molar-refractivity contribution in [1.82, 2.24) is 10.2 Å². The van der Waals surface area contributed by atoms with E-state index in [-0.39, 0.29) is 28.5 Å². The van der Waals surface area contributed by atoms with E-state index < -0.39 is 23.6 Å². The van der Waals surface area contributed by atoms with Crippen molar-refractivity contribution in [1.29, 1.82) is 0 Å². The molecule has 0 aliphatic carbocycles. The fraction of sp³-hybridized carbons (Fsp3) is 0.0455. The Kier molecular flexibility index (Phi) is 5.22. The van der Waals surface area contributed by atoms with Gasteiger partial charge in [0.25, 0.3) is 5.91 Å². The molecular weight excluding hydrogens is 422 g/mol. The quantitative estimate of drug-likeness (QED) is 0.338. The minimum Gasteiger partial charge on any atom is -0.422 e. The maximum Gasteiger partial charge on any atom is 0.349 e. The van der Waals surface area contributed by atoms with Crippen molar-refractivity contribution in [2.75, 3.05) is 0 Å². The van der Waals surface area contributed by atoms with Gasteiger partial charge in [-0.25, -0.2) is 9.79 Å². The highest BCUT2D eigenvalue weighted by Crippen LogP contribution is 2.28. The Hall–Kier alpha value is -4.04. The molecule has 2 heterocycles. The molecule has 0 bridgehead atoms. The first-order chi connectivity index (χ1) is 14.8. The number of aliphatic imine (C=N–C) groups is 1. The predicted molar refractivity (Wildman–Crippen MR) is 112 cm³/mol. The van der Waals surface area contributed by atoms with Crippen molar-refractivity contribution in [2.24, 2.45) is 4.99 Å². The Morgan fingerprint density at radius 1 is 1.10 bits per heavy atom. The fourth-order valence-corrected chi connectivity index (χ4v) is 3.11. The number of ketones is 1. The van der Waals surface area contributed by atoms with E-state index in [1.165, 1.54) is 25.1 Å². The monoisotopic (exact) mass is 435 g/mol. The number of rotatable bonds is 2. The number of para-hydroxylation sites is 1. The molecular formula is C22H14ClN3O5. The van der Waals surface area contributed by atoms with Gasteiger partial charge in [0.05, 0.1) is 5.56 Å². The smallest absolute Gasteiger partial charge is 0.349 e. The van der Waals surface area contributed by atoms with E-state index in [1.807, 2.05) is 0 Å². The fourth-order valence-electron chi connectivity index (χ4n) is 2.99. The predicted octanol–water partition coefficient (Wildman–Crippen LogP) is 2.70. The minimum atomic E-state index is -0.909. The average molecular weight is 436 g/mol. The van der Waals surface area contributed by atoms with Crippen molar-refractivity contribution in [2.45, 2.75) is 6.92 Å². The second-order valence-electron chi connectivity index (χ2n) is 6.63. The third-order valence-electron chi connectivity index (χ3n) is 4.41. The van der Waals surface area contributed by atoms with Gasteiger partial charge in [-0.15, -0.1) is 0 Å². The Balaban J connectivity index is 1.73. The molecule has 2 aliphatic rings. The van der Waals surface area contributed by atoms with Crippen LogP contribution >= 0.6 is 11.6 Å². The number of fused-ring (bicyclic) bond motifs is 1. The first-order valence-corrected chi connectivity index (χ1v) is 9.46. The van der Waals surface area contributed by atoms with Crippen LogP contribution in [0.15, 0.2) is 71.0 Å². The number of ether oxygens (including phenoxy) is 1. The highest BCUT2D eigenvalue weighted by molar-refractivity contribution is 6.30. The Morgan fingerprint density at radius 3 is 2.52 bits per heavy atom. The summed E-state index contributed by atoms with van der Waals surface area (Å²) in [5.74, 6) is -2.62. The number of Topliss-reactive ketones (excluding diaryl/α,β-unsaturated/α-hetero) is 1. The molecule has 8 nitrogen and oxygen atoms in total. The molecule has 0 unspecified atom stereocenters. The Morgan fingerprint density at radius 2 is 1.81 bits per heavy atom. The van der Waals surface area contributed by atoms with Crippen molar-refractivity contribution in [3.63, 3.8) is 0 Å². The lowest BCUT2D eigenvalue weighted by Crippen LogP contribution is -2.41. The van der Waals surface area contributed by atoms with Crippen LogP contribution in [0.5, 0.6) is 5.75 Å². The van der Waals surface area contributed by atoms with Gasteiger partial charge in [0.2, 0.25) is 17.6 Å². The number of hydrogen-bond acceptors (Lipinski definition) is 6. The van der Waals surface area contributed by atoms with Crippen LogP contribution < -0.4 is 10.1 Å². The molecule has 0 fully saturated rings. The summed E-state index contributed by atoms with van der Waals surface area (Å²) >= 11 is 5.88. The number of benzene rings is 2. The number of hydrogen-bond donors (Lipinski definition) is 1. The van der Waals surface area contributed by atoms with E-state index in [0.29, 0.717) is 10.6 Å². The van der Waals surface area contributed by atoms with Gasteiger partial charge >= 0.3 is 5.97 Å². The SMILES string of the molecule is CC(=O)NC1=N/C(=C\c2ccc(Cl)cc2)C(=O)N1/C=C1\C(=O)Oc2ccccc2C1=O. The molecule has 31 heavy (non-hydrogen) atoms. The third kappa shape index (κ3) is 4.01. The molecule has 2 aromatic carbocycles. The van der Waals surface area contributed by atoms with Gasteiger partial charge in [-0.05, 0) is 35.9 Å². The van der Waals surface area contributed by atoms with E-state index in [4.69, 9.17) is 16.3 Å². The van der Waals surface area contributed by atoms with Gasteiger partial charge in [-0.1, -0.05) is 35.9 Å². The van der Waals surface area contributed by atoms with Gasteiger partial charge in [-0.3, -0.25) is 24.6 Å². The van der Waals surface area contributed by atoms with E-state index in [1.54, 1.807) is 36.4 Å². The molecule has 0 saturated carbocycles. The molecule has 0 spiro atoms. The molecule has 4 rings (SSSR count). The van der Waals surface area contributed by atoms with E-state index in [0.717, 1.165) is 11.1 Å². The molecule has 0 radical (unpaired) electrons. The second kappa shape index (κ2) is 8.00. The van der Waals surface area contributed by atoms with Crippen LogP contribution in [-0.2, 0) is 14.4 Å². The summed E-state index contributed by atoms with van der Waals surface area (Å²) in [7, 11) is 0. The van der Waals surface area contributed by atoms with Crippen LogP contribution in [0, 0.1) is 0 Å². The van der Waals surface area contributed by atoms with Crippen molar-refractivity contribution < 1.29 is 23.9 Å². The summed E-state index contributed by atoms with van der Waals surface area (Å²) in [6.45, 7) is 1.25. The highest BCUT2D eigenvalue weighted by Gasteiger charge is 2.35. The molecule has 2 aromatic rings. The van der Waals surface area contributed by atoms with Crippen LogP contribution in [0.1, 0.15) is 22.8 Å². The minimum absolute atomic E-state index is 0.0000478. The second-order valence-corrected chi connectivity index (χ2v) is 7.07. The molecule has 154 valence electrons. The lowest BCUT2D eigenvalue weighted by atomic mass is 10.0. The zero-order valence-electron chi connectivity index (χ0n) is 16.1. The molecule has 0 atom stereocenters. The number of carbonyl (C=O) groups excluding carboxylic acids is 4. The average Bonchev–Trinajstić information content (AvgIpc) is 3.00. The molecule has 2 amide bonds. The summed E-state index contributed by atoms with van der Waals surface area (Å²) in [6.07, 6.45) is 2.52. The number of halogens is 1. The van der Waals surface area contributed by atoms with E-state index >= 15 is 0 Å². The molecule has 0 saturated heterocycles. The van der Waals surface area contributed by atoms with Crippen LogP contribution in [0.2, 0.25) is 5.02 Å². The number of carbonyl (C=O) groups is 4. The first-order valence-electron chi connectivity index (χ1n) is 9.08. The number of esters is 1. The van der Waals surface area contributed by atoms with E-state index in [2.05, 4.69) is 10.3 Å². The summed E-state index contributed by atoms with van der Waals surface area (Å²) in [5, 5.41) is 2.96. The third-order valence-corrected chi connectivity index (χ3v) is 4.66. The van der Waals surface area contributed by atoms with Gasteiger partial charge in [0, 0.05) is 18.1 Å². The van der Waals surface area contributed by atoms with Gasteiger partial charge in [-0.2, -0.15) is 0 Å². The van der Waals surface area contributed by atoms with E-state index in [9.17, 15) is 19.2 Å². The Bertz CT molecular complexity index is 1230. The van der Waals surface area contributed by atoms with Crippen molar-refractivity contribution in [3.8, 4) is 5.75 Å². The Labute approximate surface area is 181 Å². The zero-order valence-corrected chi connectivity index (χ0v) is 16.8. The summed E-state index contributed by atoms with van der Waals surface area (Å²) in [4.78, 5) is 54.8. The summed E-state index contributed by atoms with van der Waals surface area (Å²) < 4.78 is 5.19. The lowest BCUT2D eigenvalue weighted by molar-refractivity contribution is -0.130. The number of nitrogens with one attached hydrogen (secondary N) is 1. The maximum atomic E-state index is 13.0. The lowest BCUT2D eigenvalue weighted by Gasteiger charge is -2.19. The standard InChI is InChI=1S/C22H14ClN3O5/c1-12(27)24-22-25-17(10-13-6-8-14(23)9-7-13)20(29)26(22)11-16-19(28)15-4-2-3-5-18(15)31-21(16)30/h2-11H,1H3,(H,24,25,27)/b16-11-,17-10-. The normalized spacial score (nSPS) is 18.2. The van der Waals surface area contributed by atoms with Crippen LogP contribution in [0.25, 0.3) is 6.08 Å². The first kappa shape index (κ1) is 20.2. The summed E-state index contributed by atoms with van der Waals surface area (Å²) in [6, 6.07) is 13.0. The largest absolute Gasteiger partial charge is 0.422 e. The van der Waals surface area contributed by atoms with Crippen LogP contribution in [-0.4, -0.2) is 34.4 Å². The maximum absolute atomic E-state index is 13.0. The number of nitrogens with zero attached hydrogens (tertiary/aromatic N) is 2. The molecule has 1 N–H and O–H groups in total. The molecule has 2 aliphatic heterocycles. The van der Waals surface area contributed by atoms with Crippen LogP contribution in [0.4, 0.5) is 0 Å². The van der Waals surface area contributed by atoms with Crippen molar-refractivity contribution in [3.05, 3.63) is 82.2 Å². The number of guanidine groups is 1. The topological polar surface area (TPSA) is 105 Å². The summed E-state index contributed by atoms with van der Waals surface area (Å²) in [5.41, 5.74) is 0.475. The highest BCUT2D eigenvalue weighted by atomic mass is 35.5. The zero-order chi connectivity index (χ0) is 22.1. The van der Waals surface area contributed by atoms with Gasteiger partial charge < -0.3 is 4.74 Å². The molecule has 9 heteroatoms. The molecule has 0 aromatic heterocycles. The van der Waals surface area contributed by atoms with Gasteiger partial charge in [0.15, 0.2) is 0 Å². The van der Waals surface area contributed by atoms with Crippen molar-refractivity contribution >= 4 is 47.2 Å².